The van der Waals surface area contributed by atoms with E-state index in [2.05, 4.69) is 0 Å². The molecule has 4 heteroatoms. The van der Waals surface area contributed by atoms with Gasteiger partial charge in [-0.15, -0.1) is 0 Å². The van der Waals surface area contributed by atoms with Gasteiger partial charge in [0.2, 0.25) is 0 Å². The van der Waals surface area contributed by atoms with Gasteiger partial charge in [0.25, 0.3) is 5.91 Å². The summed E-state index contributed by atoms with van der Waals surface area (Å²) in [5.41, 5.74) is 1.81. The second kappa shape index (κ2) is 6.91. The van der Waals surface area contributed by atoms with Crippen LogP contribution in [0.3, 0.4) is 0 Å². The smallest absolute Gasteiger partial charge is 0.289 e. The van der Waals surface area contributed by atoms with Gasteiger partial charge in [0.15, 0.2) is 5.76 Å². The Hall–Kier alpha value is -2.07. The Labute approximate surface area is 119 Å². The minimum Gasteiger partial charge on any atom is -0.459 e. The summed E-state index contributed by atoms with van der Waals surface area (Å²) >= 11 is 0. The van der Waals surface area contributed by atoms with Crippen LogP contribution in [0.5, 0.6) is 0 Å². The van der Waals surface area contributed by atoms with Crippen molar-refractivity contribution in [1.82, 2.24) is 4.90 Å². The molecule has 0 saturated heterocycles. The van der Waals surface area contributed by atoms with Gasteiger partial charge in [0, 0.05) is 32.9 Å². The zero-order valence-corrected chi connectivity index (χ0v) is 11.8. The van der Waals surface area contributed by atoms with E-state index in [1.165, 1.54) is 0 Å². The molecule has 0 aliphatic rings. The van der Waals surface area contributed by atoms with E-state index in [4.69, 9.17) is 9.15 Å². The Balaban J connectivity index is 2.13. The van der Waals surface area contributed by atoms with E-state index in [9.17, 15) is 4.79 Å². The summed E-state index contributed by atoms with van der Waals surface area (Å²) in [6, 6.07) is 11.6. The van der Waals surface area contributed by atoms with Crippen LogP contribution in [0.15, 0.2) is 47.1 Å². The van der Waals surface area contributed by atoms with E-state index in [0.29, 0.717) is 18.9 Å². The molecule has 0 radical (unpaired) electrons. The highest BCUT2D eigenvalue weighted by molar-refractivity contribution is 5.98. The van der Waals surface area contributed by atoms with Crippen molar-refractivity contribution in [3.63, 3.8) is 0 Å². The molecule has 1 heterocycles. The Morgan fingerprint density at radius 1 is 1.25 bits per heavy atom. The molecular formula is C16H19NO3. The molecule has 0 spiro atoms. The standard InChI is InChI=1S/C16H19NO3/c1-17(10-6-11-19-2)16(18)15-14(9-12-20-15)13-7-4-3-5-8-13/h3-5,7-9,12H,6,10-11H2,1-2H3. The fourth-order valence-electron chi connectivity index (χ4n) is 2.04. The molecule has 4 nitrogen and oxygen atoms in total. The average molecular weight is 273 g/mol. The number of carbonyl (C=O) groups excluding carboxylic acids is 1. The molecule has 1 aromatic heterocycles. The quantitative estimate of drug-likeness (QED) is 0.760. The maximum absolute atomic E-state index is 12.4. The van der Waals surface area contributed by atoms with Crippen LogP contribution >= 0.6 is 0 Å². The lowest BCUT2D eigenvalue weighted by Gasteiger charge is -2.16. The summed E-state index contributed by atoms with van der Waals surface area (Å²) in [5.74, 6) is 0.279. The summed E-state index contributed by atoms with van der Waals surface area (Å²) in [4.78, 5) is 14.0. The Bertz CT molecular complexity index is 548. The second-order valence-electron chi connectivity index (χ2n) is 4.60. The average Bonchev–Trinajstić information content (AvgIpc) is 2.97. The molecule has 1 amide bonds. The third kappa shape index (κ3) is 3.27. The Morgan fingerprint density at radius 2 is 2.00 bits per heavy atom. The van der Waals surface area contributed by atoms with Gasteiger partial charge in [-0.05, 0) is 18.1 Å². The van der Waals surface area contributed by atoms with Crippen molar-refractivity contribution in [2.75, 3.05) is 27.3 Å². The minimum absolute atomic E-state index is 0.107. The number of furan rings is 1. The van der Waals surface area contributed by atoms with Crippen LogP contribution in [0.4, 0.5) is 0 Å². The van der Waals surface area contributed by atoms with E-state index in [1.807, 2.05) is 36.4 Å². The number of rotatable bonds is 6. The maximum Gasteiger partial charge on any atom is 0.289 e. The summed E-state index contributed by atoms with van der Waals surface area (Å²) in [5, 5.41) is 0. The lowest BCUT2D eigenvalue weighted by molar-refractivity contribution is 0.0749. The molecule has 0 saturated carbocycles. The number of methoxy groups -OCH3 is 1. The fourth-order valence-corrected chi connectivity index (χ4v) is 2.04. The lowest BCUT2D eigenvalue weighted by atomic mass is 10.1. The van der Waals surface area contributed by atoms with Gasteiger partial charge in [-0.2, -0.15) is 0 Å². The van der Waals surface area contributed by atoms with Crippen molar-refractivity contribution >= 4 is 5.91 Å². The van der Waals surface area contributed by atoms with Crippen molar-refractivity contribution in [1.29, 1.82) is 0 Å². The molecule has 1 aromatic carbocycles. The van der Waals surface area contributed by atoms with Crippen molar-refractivity contribution in [2.45, 2.75) is 6.42 Å². The maximum atomic E-state index is 12.4. The van der Waals surface area contributed by atoms with Gasteiger partial charge < -0.3 is 14.1 Å². The van der Waals surface area contributed by atoms with Gasteiger partial charge >= 0.3 is 0 Å². The van der Waals surface area contributed by atoms with Crippen molar-refractivity contribution in [3.8, 4) is 11.1 Å². The molecule has 0 fully saturated rings. The molecule has 0 aliphatic carbocycles. The number of amides is 1. The van der Waals surface area contributed by atoms with Crippen LogP contribution in [-0.4, -0.2) is 38.1 Å². The molecule has 0 atom stereocenters. The first-order valence-corrected chi connectivity index (χ1v) is 6.61. The minimum atomic E-state index is -0.107. The SMILES string of the molecule is COCCCN(C)C(=O)c1occc1-c1ccccc1. The van der Waals surface area contributed by atoms with Gasteiger partial charge in [-0.25, -0.2) is 0 Å². The highest BCUT2D eigenvalue weighted by atomic mass is 16.5. The zero-order chi connectivity index (χ0) is 14.4. The number of ether oxygens (including phenoxy) is 1. The molecular weight excluding hydrogens is 254 g/mol. The Kier molecular flexibility index (Phi) is 4.96. The van der Waals surface area contributed by atoms with Gasteiger partial charge in [-0.3, -0.25) is 4.79 Å². The monoisotopic (exact) mass is 273 g/mol. The molecule has 0 unspecified atom stereocenters. The number of benzene rings is 1. The largest absolute Gasteiger partial charge is 0.459 e. The summed E-state index contributed by atoms with van der Waals surface area (Å²) in [6.45, 7) is 1.28. The summed E-state index contributed by atoms with van der Waals surface area (Å²) in [6.07, 6.45) is 2.36. The van der Waals surface area contributed by atoms with E-state index < -0.39 is 0 Å². The molecule has 20 heavy (non-hydrogen) atoms. The van der Waals surface area contributed by atoms with Crippen LogP contribution in [-0.2, 0) is 4.74 Å². The number of hydrogen-bond acceptors (Lipinski definition) is 3. The van der Waals surface area contributed by atoms with E-state index in [0.717, 1.165) is 17.5 Å². The van der Waals surface area contributed by atoms with E-state index >= 15 is 0 Å². The van der Waals surface area contributed by atoms with Crippen LogP contribution < -0.4 is 0 Å². The fraction of sp³-hybridized carbons (Fsp3) is 0.312. The lowest BCUT2D eigenvalue weighted by Crippen LogP contribution is -2.28. The third-order valence-corrected chi connectivity index (χ3v) is 3.13. The first-order valence-electron chi connectivity index (χ1n) is 6.61. The molecule has 106 valence electrons. The third-order valence-electron chi connectivity index (χ3n) is 3.13. The topological polar surface area (TPSA) is 42.7 Å². The van der Waals surface area contributed by atoms with Crippen LogP contribution in [0.1, 0.15) is 17.0 Å². The molecule has 0 bridgehead atoms. The highest BCUT2D eigenvalue weighted by Crippen LogP contribution is 2.25. The van der Waals surface area contributed by atoms with Crippen LogP contribution in [0.25, 0.3) is 11.1 Å². The van der Waals surface area contributed by atoms with Gasteiger partial charge in [0.05, 0.1) is 6.26 Å². The number of nitrogens with zero attached hydrogens (tertiary/aromatic N) is 1. The molecule has 0 aliphatic heterocycles. The second-order valence-corrected chi connectivity index (χ2v) is 4.60. The highest BCUT2D eigenvalue weighted by Gasteiger charge is 2.19. The van der Waals surface area contributed by atoms with Crippen molar-refractivity contribution in [2.24, 2.45) is 0 Å². The predicted molar refractivity (Wildman–Crippen MR) is 77.6 cm³/mol. The number of hydrogen-bond donors (Lipinski definition) is 0. The molecule has 0 N–H and O–H groups in total. The first kappa shape index (κ1) is 14.3. The van der Waals surface area contributed by atoms with Gasteiger partial charge in [0.1, 0.15) is 0 Å². The van der Waals surface area contributed by atoms with E-state index in [1.54, 1.807) is 25.3 Å². The first-order chi connectivity index (χ1) is 9.74. The van der Waals surface area contributed by atoms with Crippen molar-refractivity contribution in [3.05, 3.63) is 48.4 Å². The van der Waals surface area contributed by atoms with Crippen molar-refractivity contribution < 1.29 is 13.9 Å². The Morgan fingerprint density at radius 3 is 2.70 bits per heavy atom. The molecule has 2 rings (SSSR count). The van der Waals surface area contributed by atoms with Crippen LogP contribution in [0.2, 0.25) is 0 Å². The summed E-state index contributed by atoms with van der Waals surface area (Å²) in [7, 11) is 3.43. The zero-order valence-electron chi connectivity index (χ0n) is 11.8. The normalized spacial score (nSPS) is 10.5. The van der Waals surface area contributed by atoms with E-state index in [-0.39, 0.29) is 5.91 Å². The van der Waals surface area contributed by atoms with Gasteiger partial charge in [-0.1, -0.05) is 30.3 Å². The summed E-state index contributed by atoms with van der Waals surface area (Å²) < 4.78 is 10.4. The molecule has 2 aromatic rings. The van der Waals surface area contributed by atoms with Crippen LogP contribution in [0, 0.1) is 0 Å². The number of carbonyl (C=O) groups is 1. The predicted octanol–water partition coefficient (Wildman–Crippen LogP) is 3.06.